The zero-order valence-corrected chi connectivity index (χ0v) is 12.3. The molecule has 1 aliphatic heterocycles. The van der Waals surface area contributed by atoms with Crippen LogP contribution in [0.15, 0.2) is 18.2 Å². The maximum absolute atomic E-state index is 3.82. The van der Waals surface area contributed by atoms with E-state index in [-0.39, 0.29) is 0 Å². The van der Waals surface area contributed by atoms with Crippen LogP contribution >= 0.6 is 0 Å². The summed E-state index contributed by atoms with van der Waals surface area (Å²) in [6.45, 7) is 6.93. The number of rotatable bonds is 3. The molecule has 2 nitrogen and oxygen atoms in total. The van der Waals surface area contributed by atoms with E-state index in [0.29, 0.717) is 11.5 Å². The Balaban J connectivity index is 1.68. The average Bonchev–Trinajstić information content (AvgIpc) is 2.86. The van der Waals surface area contributed by atoms with Gasteiger partial charge in [-0.05, 0) is 35.8 Å². The van der Waals surface area contributed by atoms with Gasteiger partial charge in [-0.1, -0.05) is 44.9 Å². The van der Waals surface area contributed by atoms with E-state index in [4.69, 9.17) is 0 Å². The molecule has 1 aliphatic carbocycles. The molecule has 19 heavy (non-hydrogen) atoms. The minimum atomic E-state index is 0.448. The van der Waals surface area contributed by atoms with Gasteiger partial charge in [0.15, 0.2) is 0 Å². The summed E-state index contributed by atoms with van der Waals surface area (Å²) in [4.78, 5) is 0. The summed E-state index contributed by atoms with van der Waals surface area (Å²) in [6, 6.07) is 7.39. The highest BCUT2D eigenvalue weighted by atomic mass is 15.0. The van der Waals surface area contributed by atoms with Crippen molar-refractivity contribution in [2.75, 3.05) is 11.9 Å². The Hall–Kier alpha value is -1.02. The number of para-hydroxylation sites is 1. The zero-order valence-electron chi connectivity index (χ0n) is 12.3. The molecule has 2 aliphatic rings. The van der Waals surface area contributed by atoms with E-state index < -0.39 is 0 Å². The summed E-state index contributed by atoms with van der Waals surface area (Å²) in [6.07, 6.45) is 6.64. The first-order chi connectivity index (χ1) is 9.17. The zero-order chi connectivity index (χ0) is 13.3. The molecule has 0 amide bonds. The van der Waals surface area contributed by atoms with E-state index in [9.17, 15) is 0 Å². The van der Waals surface area contributed by atoms with Gasteiger partial charge in [-0.25, -0.2) is 0 Å². The molecule has 1 heterocycles. The summed E-state index contributed by atoms with van der Waals surface area (Å²) in [5, 5.41) is 7.36. The van der Waals surface area contributed by atoms with Crippen LogP contribution < -0.4 is 10.6 Å². The first kappa shape index (κ1) is 13.0. The van der Waals surface area contributed by atoms with Crippen LogP contribution in [0.25, 0.3) is 0 Å². The van der Waals surface area contributed by atoms with Crippen LogP contribution in [0, 0.1) is 5.41 Å². The lowest BCUT2D eigenvalue weighted by Crippen LogP contribution is -2.43. The fourth-order valence-electron chi connectivity index (χ4n) is 3.66. The molecule has 0 bridgehead atoms. The van der Waals surface area contributed by atoms with Crippen LogP contribution in [0.2, 0.25) is 0 Å². The summed E-state index contributed by atoms with van der Waals surface area (Å²) < 4.78 is 0. The Morgan fingerprint density at radius 3 is 3.05 bits per heavy atom. The third-order valence-electron chi connectivity index (χ3n) is 4.98. The van der Waals surface area contributed by atoms with Gasteiger partial charge < -0.3 is 10.6 Å². The molecular formula is C17H26N2. The fraction of sp³-hybridized carbons (Fsp3) is 0.647. The SMILES string of the molecule is CC1(C)CCCCC1NCc1cccc2c1NCC2. The van der Waals surface area contributed by atoms with Gasteiger partial charge in [0.25, 0.3) is 0 Å². The summed E-state index contributed by atoms with van der Waals surface area (Å²) in [5.74, 6) is 0. The minimum absolute atomic E-state index is 0.448. The van der Waals surface area contributed by atoms with Crippen molar-refractivity contribution in [2.24, 2.45) is 5.41 Å². The largest absolute Gasteiger partial charge is 0.384 e. The molecule has 2 heteroatoms. The maximum atomic E-state index is 3.82. The van der Waals surface area contributed by atoms with Crippen LogP contribution in [-0.2, 0) is 13.0 Å². The predicted octanol–water partition coefficient (Wildman–Crippen LogP) is 3.71. The Morgan fingerprint density at radius 1 is 1.32 bits per heavy atom. The van der Waals surface area contributed by atoms with E-state index in [1.807, 2.05) is 0 Å². The second-order valence-corrected chi connectivity index (χ2v) is 6.80. The van der Waals surface area contributed by atoms with Crippen molar-refractivity contribution in [2.45, 2.75) is 58.5 Å². The van der Waals surface area contributed by atoms with E-state index in [2.05, 4.69) is 42.7 Å². The standard InChI is InChI=1S/C17H26N2/c1-17(2)10-4-3-8-15(17)19-12-14-7-5-6-13-9-11-18-16(13)14/h5-7,15,18-19H,3-4,8-12H2,1-2H3. The molecule has 1 aromatic carbocycles. The quantitative estimate of drug-likeness (QED) is 0.863. The van der Waals surface area contributed by atoms with Gasteiger partial charge in [-0.3, -0.25) is 0 Å². The van der Waals surface area contributed by atoms with E-state index in [0.717, 1.165) is 13.1 Å². The molecule has 1 aromatic rings. The Labute approximate surface area is 117 Å². The molecule has 0 aromatic heterocycles. The Kier molecular flexibility index (Phi) is 3.53. The highest BCUT2D eigenvalue weighted by Gasteiger charge is 2.31. The molecule has 0 radical (unpaired) electrons. The molecule has 0 spiro atoms. The lowest BCUT2D eigenvalue weighted by atomic mass is 9.73. The normalized spacial score (nSPS) is 24.8. The van der Waals surface area contributed by atoms with Crippen molar-refractivity contribution >= 4 is 5.69 Å². The number of benzene rings is 1. The minimum Gasteiger partial charge on any atom is -0.384 e. The summed E-state index contributed by atoms with van der Waals surface area (Å²) in [5.41, 5.74) is 4.77. The first-order valence-electron chi connectivity index (χ1n) is 7.75. The third-order valence-corrected chi connectivity index (χ3v) is 4.98. The topological polar surface area (TPSA) is 24.1 Å². The monoisotopic (exact) mass is 258 g/mol. The van der Waals surface area contributed by atoms with Crippen molar-refractivity contribution in [1.29, 1.82) is 0 Å². The van der Waals surface area contributed by atoms with E-state index in [1.165, 1.54) is 48.9 Å². The molecule has 3 rings (SSSR count). The van der Waals surface area contributed by atoms with E-state index >= 15 is 0 Å². The first-order valence-corrected chi connectivity index (χ1v) is 7.75. The number of hydrogen-bond donors (Lipinski definition) is 2. The van der Waals surface area contributed by atoms with Crippen LogP contribution in [0.1, 0.15) is 50.7 Å². The maximum Gasteiger partial charge on any atom is 0.0419 e. The smallest absolute Gasteiger partial charge is 0.0419 e. The van der Waals surface area contributed by atoms with Gasteiger partial charge in [0.05, 0.1) is 0 Å². The molecule has 2 N–H and O–H groups in total. The molecular weight excluding hydrogens is 232 g/mol. The number of fused-ring (bicyclic) bond motifs is 1. The van der Waals surface area contributed by atoms with Crippen LogP contribution in [0.5, 0.6) is 0 Å². The van der Waals surface area contributed by atoms with Gasteiger partial charge in [0.1, 0.15) is 0 Å². The van der Waals surface area contributed by atoms with Crippen molar-refractivity contribution in [3.8, 4) is 0 Å². The van der Waals surface area contributed by atoms with Crippen molar-refractivity contribution in [1.82, 2.24) is 5.32 Å². The average molecular weight is 258 g/mol. The van der Waals surface area contributed by atoms with Crippen molar-refractivity contribution in [3.63, 3.8) is 0 Å². The second-order valence-electron chi connectivity index (χ2n) is 6.80. The van der Waals surface area contributed by atoms with Crippen LogP contribution in [0.3, 0.4) is 0 Å². The molecule has 1 atom stereocenters. The molecule has 1 unspecified atom stereocenters. The number of anilines is 1. The Morgan fingerprint density at radius 2 is 2.21 bits per heavy atom. The highest BCUT2D eigenvalue weighted by Crippen LogP contribution is 2.36. The van der Waals surface area contributed by atoms with Crippen LogP contribution in [0.4, 0.5) is 5.69 Å². The predicted molar refractivity (Wildman–Crippen MR) is 81.5 cm³/mol. The van der Waals surface area contributed by atoms with Gasteiger partial charge in [-0.2, -0.15) is 0 Å². The van der Waals surface area contributed by atoms with Crippen molar-refractivity contribution < 1.29 is 0 Å². The lowest BCUT2D eigenvalue weighted by molar-refractivity contribution is 0.167. The lowest BCUT2D eigenvalue weighted by Gasteiger charge is -2.39. The van der Waals surface area contributed by atoms with Gasteiger partial charge >= 0.3 is 0 Å². The van der Waals surface area contributed by atoms with Gasteiger partial charge in [0.2, 0.25) is 0 Å². The highest BCUT2D eigenvalue weighted by molar-refractivity contribution is 5.61. The molecule has 1 saturated carbocycles. The molecule has 0 saturated heterocycles. The second kappa shape index (κ2) is 5.16. The fourth-order valence-corrected chi connectivity index (χ4v) is 3.66. The van der Waals surface area contributed by atoms with Crippen molar-refractivity contribution in [3.05, 3.63) is 29.3 Å². The number of nitrogens with one attached hydrogen (secondary N) is 2. The van der Waals surface area contributed by atoms with Gasteiger partial charge in [-0.15, -0.1) is 0 Å². The summed E-state index contributed by atoms with van der Waals surface area (Å²) in [7, 11) is 0. The summed E-state index contributed by atoms with van der Waals surface area (Å²) >= 11 is 0. The van der Waals surface area contributed by atoms with Crippen LogP contribution in [-0.4, -0.2) is 12.6 Å². The molecule has 1 fully saturated rings. The number of hydrogen-bond acceptors (Lipinski definition) is 2. The third kappa shape index (κ3) is 2.64. The van der Waals surface area contributed by atoms with Gasteiger partial charge in [0, 0.05) is 24.8 Å². The Bertz CT molecular complexity index is 451. The molecule has 104 valence electrons. The van der Waals surface area contributed by atoms with E-state index in [1.54, 1.807) is 0 Å².